The third-order valence-electron chi connectivity index (χ3n) is 3.90. The molecule has 2 aromatic heterocycles. The molecular weight excluding hydrogens is 352 g/mol. The van der Waals surface area contributed by atoms with Crippen molar-refractivity contribution in [2.75, 3.05) is 0 Å². The van der Waals surface area contributed by atoms with Crippen LogP contribution in [0.25, 0.3) is 15.8 Å². The Bertz CT molecular complexity index is 866. The van der Waals surface area contributed by atoms with Gasteiger partial charge in [0.25, 0.3) is 0 Å². The van der Waals surface area contributed by atoms with E-state index in [0.717, 1.165) is 21.4 Å². The summed E-state index contributed by atoms with van der Waals surface area (Å²) in [6.45, 7) is 6.77. The Labute approximate surface area is 156 Å². The lowest BCUT2D eigenvalue weighted by Crippen LogP contribution is -2.44. The number of hydrogen-bond donors (Lipinski definition) is 1. The molecule has 0 spiro atoms. The topological polar surface area (TPSA) is 77.5 Å². The van der Waals surface area contributed by atoms with E-state index in [1.807, 2.05) is 23.6 Å². The van der Waals surface area contributed by atoms with E-state index in [4.69, 9.17) is 9.47 Å². The molecular formula is C19H22N2O4S. The van der Waals surface area contributed by atoms with Crippen LogP contribution in [0.2, 0.25) is 0 Å². The minimum Gasteiger partial charge on any atom is -0.456 e. The van der Waals surface area contributed by atoms with E-state index in [1.54, 1.807) is 38.3 Å². The van der Waals surface area contributed by atoms with Crippen LogP contribution in [-0.2, 0) is 14.3 Å². The highest BCUT2D eigenvalue weighted by atomic mass is 32.1. The molecule has 3 rings (SSSR count). The third-order valence-corrected chi connectivity index (χ3v) is 4.80. The number of alkyl carbamates (subject to hydrolysis) is 1. The molecule has 2 aromatic rings. The summed E-state index contributed by atoms with van der Waals surface area (Å²) in [5, 5.41) is 5.93. The number of carbonyl (C=O) groups excluding carboxylic acids is 2. The molecule has 0 bridgehead atoms. The van der Waals surface area contributed by atoms with Crippen molar-refractivity contribution in [3.05, 3.63) is 35.3 Å². The SMILES string of the molecule is CC(=O)OC1C=C(c2csc3ncccc23)CC1NC(=O)OC(C)(C)C. The average molecular weight is 374 g/mol. The number of esters is 1. The fourth-order valence-corrected chi connectivity index (χ4v) is 3.89. The third kappa shape index (κ3) is 4.22. The number of fused-ring (bicyclic) bond motifs is 1. The molecule has 1 aliphatic carbocycles. The van der Waals surface area contributed by atoms with Crippen LogP contribution in [0.3, 0.4) is 0 Å². The molecule has 0 saturated carbocycles. The Kier molecular flexibility index (Phi) is 5.00. The predicted octanol–water partition coefficient (Wildman–Crippen LogP) is 3.91. The van der Waals surface area contributed by atoms with Gasteiger partial charge in [0, 0.05) is 23.9 Å². The molecule has 2 atom stereocenters. The normalized spacial score (nSPS) is 19.9. The number of amides is 1. The maximum Gasteiger partial charge on any atom is 0.408 e. The van der Waals surface area contributed by atoms with Crippen molar-refractivity contribution >= 4 is 39.2 Å². The van der Waals surface area contributed by atoms with Gasteiger partial charge in [-0.25, -0.2) is 9.78 Å². The lowest BCUT2D eigenvalue weighted by Gasteiger charge is -2.24. The van der Waals surface area contributed by atoms with Crippen molar-refractivity contribution in [1.82, 2.24) is 10.3 Å². The van der Waals surface area contributed by atoms with Gasteiger partial charge >= 0.3 is 12.1 Å². The summed E-state index contributed by atoms with van der Waals surface area (Å²) in [4.78, 5) is 28.9. The maximum atomic E-state index is 12.1. The lowest BCUT2D eigenvalue weighted by molar-refractivity contribution is -0.145. The number of pyridine rings is 1. The van der Waals surface area contributed by atoms with Gasteiger partial charge in [0.15, 0.2) is 0 Å². The summed E-state index contributed by atoms with van der Waals surface area (Å²) in [7, 11) is 0. The van der Waals surface area contributed by atoms with Crippen molar-refractivity contribution in [3.63, 3.8) is 0 Å². The van der Waals surface area contributed by atoms with Gasteiger partial charge in [0.1, 0.15) is 16.5 Å². The zero-order chi connectivity index (χ0) is 18.9. The molecule has 0 aromatic carbocycles. The first-order chi connectivity index (χ1) is 12.2. The monoisotopic (exact) mass is 374 g/mol. The van der Waals surface area contributed by atoms with Crippen molar-refractivity contribution < 1.29 is 19.1 Å². The first-order valence-electron chi connectivity index (χ1n) is 8.43. The van der Waals surface area contributed by atoms with Gasteiger partial charge in [-0.2, -0.15) is 0 Å². The highest BCUT2D eigenvalue weighted by Gasteiger charge is 2.33. The number of nitrogens with one attached hydrogen (secondary N) is 1. The molecule has 0 saturated heterocycles. The van der Waals surface area contributed by atoms with Crippen LogP contribution < -0.4 is 5.32 Å². The molecule has 138 valence electrons. The molecule has 6 nitrogen and oxygen atoms in total. The fourth-order valence-electron chi connectivity index (χ4n) is 2.95. The van der Waals surface area contributed by atoms with E-state index in [9.17, 15) is 9.59 Å². The zero-order valence-electron chi connectivity index (χ0n) is 15.2. The van der Waals surface area contributed by atoms with Gasteiger partial charge in [-0.3, -0.25) is 4.79 Å². The largest absolute Gasteiger partial charge is 0.456 e. The fraction of sp³-hybridized carbons (Fsp3) is 0.421. The van der Waals surface area contributed by atoms with Crippen LogP contribution >= 0.6 is 11.3 Å². The lowest BCUT2D eigenvalue weighted by atomic mass is 10.0. The molecule has 2 unspecified atom stereocenters. The van der Waals surface area contributed by atoms with Gasteiger partial charge in [-0.1, -0.05) is 0 Å². The van der Waals surface area contributed by atoms with Crippen LogP contribution in [0.1, 0.15) is 39.7 Å². The number of ether oxygens (including phenoxy) is 2. The van der Waals surface area contributed by atoms with Gasteiger partial charge < -0.3 is 14.8 Å². The van der Waals surface area contributed by atoms with Crippen molar-refractivity contribution in [1.29, 1.82) is 0 Å². The van der Waals surface area contributed by atoms with E-state index >= 15 is 0 Å². The first kappa shape index (κ1) is 18.4. The zero-order valence-corrected chi connectivity index (χ0v) is 16.1. The Balaban J connectivity index is 1.82. The minimum absolute atomic E-state index is 0.365. The number of hydrogen-bond acceptors (Lipinski definition) is 6. The molecule has 26 heavy (non-hydrogen) atoms. The quantitative estimate of drug-likeness (QED) is 0.824. The number of aromatic nitrogens is 1. The second kappa shape index (κ2) is 7.07. The highest BCUT2D eigenvalue weighted by Crippen LogP contribution is 2.36. The second-order valence-corrected chi connectivity index (χ2v) is 8.09. The van der Waals surface area contributed by atoms with E-state index in [1.165, 1.54) is 6.92 Å². The van der Waals surface area contributed by atoms with Crippen LogP contribution in [0.15, 0.2) is 29.8 Å². The number of rotatable bonds is 3. The second-order valence-electron chi connectivity index (χ2n) is 7.23. The van der Waals surface area contributed by atoms with Crippen LogP contribution in [0.4, 0.5) is 4.79 Å². The van der Waals surface area contributed by atoms with Crippen molar-refractivity contribution in [3.8, 4) is 0 Å². The molecule has 1 aliphatic rings. The number of thiophene rings is 1. The Morgan fingerprint density at radius 1 is 1.35 bits per heavy atom. The van der Waals surface area contributed by atoms with E-state index in [-0.39, 0.29) is 12.0 Å². The molecule has 1 N–H and O–H groups in total. The average Bonchev–Trinajstić information content (AvgIpc) is 3.09. The maximum absolute atomic E-state index is 12.1. The summed E-state index contributed by atoms with van der Waals surface area (Å²) in [5.41, 5.74) is 1.49. The minimum atomic E-state index is -0.592. The van der Waals surface area contributed by atoms with Gasteiger partial charge in [-0.15, -0.1) is 11.3 Å². The summed E-state index contributed by atoms with van der Waals surface area (Å²) >= 11 is 1.57. The molecule has 0 radical (unpaired) electrons. The number of carbonyl (C=O) groups is 2. The Hall–Kier alpha value is -2.41. The molecule has 0 aliphatic heterocycles. The van der Waals surface area contributed by atoms with Crippen LogP contribution in [0, 0.1) is 0 Å². The summed E-state index contributed by atoms with van der Waals surface area (Å²) in [6.07, 6.45) is 3.17. The molecule has 0 fully saturated rings. The van der Waals surface area contributed by atoms with Crippen LogP contribution in [-0.4, -0.2) is 34.8 Å². The summed E-state index contributed by atoms with van der Waals surface area (Å²) in [6, 6.07) is 3.55. The first-order valence-corrected chi connectivity index (χ1v) is 9.31. The molecule has 1 amide bonds. The predicted molar refractivity (Wildman–Crippen MR) is 101 cm³/mol. The smallest absolute Gasteiger partial charge is 0.408 e. The van der Waals surface area contributed by atoms with E-state index in [2.05, 4.69) is 10.3 Å². The summed E-state index contributed by atoms with van der Waals surface area (Å²) in [5.74, 6) is -0.389. The van der Waals surface area contributed by atoms with Gasteiger partial charge in [0.2, 0.25) is 0 Å². The van der Waals surface area contributed by atoms with Crippen molar-refractivity contribution in [2.45, 2.75) is 51.9 Å². The van der Waals surface area contributed by atoms with Gasteiger partial charge in [-0.05, 0) is 56.5 Å². The highest BCUT2D eigenvalue weighted by molar-refractivity contribution is 7.17. The standard InChI is InChI=1S/C19H22N2O4S/c1-11(22)24-16-9-12(8-15(16)21-18(23)25-19(2,3)4)14-10-26-17-13(14)6-5-7-20-17/h5-7,9-10,15-16H,8H2,1-4H3,(H,21,23). The van der Waals surface area contributed by atoms with E-state index < -0.39 is 17.8 Å². The Morgan fingerprint density at radius 3 is 2.81 bits per heavy atom. The van der Waals surface area contributed by atoms with E-state index in [0.29, 0.717) is 6.42 Å². The Morgan fingerprint density at radius 2 is 2.12 bits per heavy atom. The van der Waals surface area contributed by atoms with Gasteiger partial charge in [0.05, 0.1) is 6.04 Å². The van der Waals surface area contributed by atoms with Crippen molar-refractivity contribution in [2.24, 2.45) is 0 Å². The number of nitrogens with zero attached hydrogens (tertiary/aromatic N) is 1. The summed E-state index contributed by atoms with van der Waals surface area (Å²) < 4.78 is 10.7. The molecule has 2 heterocycles. The van der Waals surface area contributed by atoms with Crippen LogP contribution in [0.5, 0.6) is 0 Å². The molecule has 7 heteroatoms.